The van der Waals surface area contributed by atoms with Crippen LogP contribution in [0.3, 0.4) is 0 Å². The van der Waals surface area contributed by atoms with E-state index >= 15 is 0 Å². The van der Waals surface area contributed by atoms with Gasteiger partial charge in [0.1, 0.15) is 4.99 Å². The SMILES string of the molecule is O=C1OC(c2ccccc2)C(=S)N1Cc1ccccc1Cl. The van der Waals surface area contributed by atoms with Crippen LogP contribution in [0.25, 0.3) is 0 Å². The highest BCUT2D eigenvalue weighted by Crippen LogP contribution is 2.30. The Bertz CT molecular complexity index is 690. The number of hydrogen-bond acceptors (Lipinski definition) is 3. The highest BCUT2D eigenvalue weighted by Gasteiger charge is 2.38. The van der Waals surface area contributed by atoms with Gasteiger partial charge in [0.25, 0.3) is 0 Å². The molecule has 1 aliphatic heterocycles. The Hall–Kier alpha value is -1.91. The lowest BCUT2D eigenvalue weighted by Gasteiger charge is -2.14. The Morgan fingerprint density at radius 2 is 1.76 bits per heavy atom. The molecule has 1 fully saturated rings. The second-order valence-electron chi connectivity index (χ2n) is 4.69. The Labute approximate surface area is 133 Å². The molecular weight excluding hydrogens is 306 g/mol. The van der Waals surface area contributed by atoms with E-state index in [9.17, 15) is 4.79 Å². The average Bonchev–Trinajstić information content (AvgIpc) is 2.78. The quantitative estimate of drug-likeness (QED) is 0.788. The molecule has 1 amide bonds. The predicted molar refractivity (Wildman–Crippen MR) is 85.3 cm³/mol. The lowest BCUT2D eigenvalue weighted by Crippen LogP contribution is -2.27. The van der Waals surface area contributed by atoms with Crippen LogP contribution in [-0.2, 0) is 11.3 Å². The van der Waals surface area contributed by atoms with Gasteiger partial charge >= 0.3 is 6.09 Å². The number of carbonyl (C=O) groups excluding carboxylic acids is 1. The minimum Gasteiger partial charge on any atom is -0.433 e. The minimum absolute atomic E-state index is 0.320. The summed E-state index contributed by atoms with van der Waals surface area (Å²) < 4.78 is 5.39. The number of benzene rings is 2. The third-order valence-corrected chi connectivity index (χ3v) is 4.12. The first-order chi connectivity index (χ1) is 10.2. The van der Waals surface area contributed by atoms with Gasteiger partial charge in [-0.1, -0.05) is 72.3 Å². The molecular formula is C16H12ClNO2S. The van der Waals surface area contributed by atoms with Crippen molar-refractivity contribution in [1.29, 1.82) is 0 Å². The fraction of sp³-hybridized carbons (Fsp3) is 0.125. The molecule has 0 bridgehead atoms. The van der Waals surface area contributed by atoms with E-state index in [1.165, 1.54) is 4.90 Å². The van der Waals surface area contributed by atoms with E-state index in [2.05, 4.69) is 0 Å². The summed E-state index contributed by atoms with van der Waals surface area (Å²) in [6.45, 7) is 0.320. The fourth-order valence-corrected chi connectivity index (χ4v) is 2.74. The molecule has 2 aromatic rings. The topological polar surface area (TPSA) is 29.5 Å². The van der Waals surface area contributed by atoms with E-state index in [1.807, 2.05) is 48.5 Å². The standard InChI is InChI=1S/C16H12ClNO2S/c17-13-9-5-4-8-12(13)10-18-15(21)14(20-16(18)19)11-6-2-1-3-7-11/h1-9,14H,10H2. The van der Waals surface area contributed by atoms with Crippen LogP contribution >= 0.6 is 23.8 Å². The first-order valence-electron chi connectivity index (χ1n) is 6.47. The fourth-order valence-electron chi connectivity index (χ4n) is 2.22. The van der Waals surface area contributed by atoms with Gasteiger partial charge in [-0.05, 0) is 17.2 Å². The van der Waals surface area contributed by atoms with Gasteiger partial charge < -0.3 is 4.74 Å². The Morgan fingerprint density at radius 3 is 2.48 bits per heavy atom. The molecule has 3 rings (SSSR count). The maximum absolute atomic E-state index is 12.1. The molecule has 0 aliphatic carbocycles. The molecule has 1 saturated heterocycles. The van der Waals surface area contributed by atoms with Gasteiger partial charge in [0, 0.05) is 5.02 Å². The molecule has 2 aromatic carbocycles. The Kier molecular flexibility index (Phi) is 3.90. The van der Waals surface area contributed by atoms with E-state index in [0.717, 1.165) is 11.1 Å². The molecule has 0 spiro atoms. The zero-order valence-electron chi connectivity index (χ0n) is 11.0. The normalized spacial score (nSPS) is 18.0. The van der Waals surface area contributed by atoms with Gasteiger partial charge in [0.15, 0.2) is 6.10 Å². The largest absolute Gasteiger partial charge is 0.433 e. The van der Waals surface area contributed by atoms with Gasteiger partial charge in [0.2, 0.25) is 0 Å². The number of ether oxygens (including phenoxy) is 1. The lowest BCUT2D eigenvalue weighted by atomic mass is 10.1. The van der Waals surface area contributed by atoms with E-state index < -0.39 is 12.2 Å². The van der Waals surface area contributed by atoms with Crippen LogP contribution in [-0.4, -0.2) is 16.0 Å². The summed E-state index contributed by atoms with van der Waals surface area (Å²) in [6.07, 6.45) is -0.940. The van der Waals surface area contributed by atoms with E-state index in [1.54, 1.807) is 6.07 Å². The predicted octanol–water partition coefficient (Wildman–Crippen LogP) is 4.36. The van der Waals surface area contributed by atoms with Crippen molar-refractivity contribution in [3.05, 3.63) is 70.7 Å². The van der Waals surface area contributed by atoms with Crippen LogP contribution in [0, 0.1) is 0 Å². The zero-order chi connectivity index (χ0) is 14.8. The number of carbonyl (C=O) groups is 1. The van der Waals surface area contributed by atoms with Gasteiger partial charge in [0.05, 0.1) is 6.54 Å². The molecule has 21 heavy (non-hydrogen) atoms. The van der Waals surface area contributed by atoms with Crippen molar-refractivity contribution >= 4 is 34.9 Å². The van der Waals surface area contributed by atoms with E-state index in [4.69, 9.17) is 28.6 Å². The van der Waals surface area contributed by atoms with Crippen LogP contribution in [0.5, 0.6) is 0 Å². The third kappa shape index (κ3) is 2.77. The number of hydrogen-bond donors (Lipinski definition) is 0. The summed E-state index contributed by atoms with van der Waals surface area (Å²) in [7, 11) is 0. The first kappa shape index (κ1) is 14.0. The van der Waals surface area contributed by atoms with Crippen molar-refractivity contribution < 1.29 is 9.53 Å². The number of nitrogens with zero attached hydrogens (tertiary/aromatic N) is 1. The molecule has 3 nitrogen and oxygen atoms in total. The molecule has 0 N–H and O–H groups in total. The number of thiocarbonyl (C=S) groups is 1. The first-order valence-corrected chi connectivity index (χ1v) is 7.26. The highest BCUT2D eigenvalue weighted by molar-refractivity contribution is 7.80. The van der Waals surface area contributed by atoms with Crippen LogP contribution < -0.4 is 0 Å². The Morgan fingerprint density at radius 1 is 1.10 bits per heavy atom. The molecule has 0 saturated carbocycles. The summed E-state index contributed by atoms with van der Waals surface area (Å²) in [5.41, 5.74) is 1.71. The van der Waals surface area contributed by atoms with Crippen molar-refractivity contribution in [3.8, 4) is 0 Å². The van der Waals surface area contributed by atoms with Gasteiger partial charge in [-0.3, -0.25) is 4.90 Å². The maximum atomic E-state index is 12.1. The number of rotatable bonds is 3. The van der Waals surface area contributed by atoms with Gasteiger partial charge in [-0.2, -0.15) is 0 Å². The molecule has 1 heterocycles. The van der Waals surface area contributed by atoms with Crippen molar-refractivity contribution in [3.63, 3.8) is 0 Å². The summed E-state index contributed by atoms with van der Waals surface area (Å²) in [5, 5.41) is 0.608. The number of cyclic esters (lactones) is 1. The second kappa shape index (κ2) is 5.84. The van der Waals surface area contributed by atoms with Crippen molar-refractivity contribution in [2.45, 2.75) is 12.6 Å². The van der Waals surface area contributed by atoms with E-state index in [-0.39, 0.29) is 0 Å². The monoisotopic (exact) mass is 317 g/mol. The van der Waals surface area contributed by atoms with Crippen LogP contribution in [0.1, 0.15) is 17.2 Å². The number of halogens is 1. The van der Waals surface area contributed by atoms with Crippen LogP contribution in [0.2, 0.25) is 5.02 Å². The lowest BCUT2D eigenvalue weighted by molar-refractivity contribution is 0.133. The zero-order valence-corrected chi connectivity index (χ0v) is 12.6. The average molecular weight is 318 g/mol. The van der Waals surface area contributed by atoms with Gasteiger partial charge in [-0.25, -0.2) is 4.79 Å². The smallest absolute Gasteiger partial charge is 0.416 e. The molecule has 1 atom stereocenters. The molecule has 106 valence electrons. The van der Waals surface area contributed by atoms with Crippen molar-refractivity contribution in [2.75, 3.05) is 0 Å². The summed E-state index contributed by atoms with van der Waals surface area (Å²) >= 11 is 11.5. The molecule has 0 aromatic heterocycles. The summed E-state index contributed by atoms with van der Waals surface area (Å²) in [6, 6.07) is 16.9. The van der Waals surface area contributed by atoms with Gasteiger partial charge in [-0.15, -0.1) is 0 Å². The molecule has 1 unspecified atom stereocenters. The number of amides is 1. The minimum atomic E-state index is -0.504. The molecule has 1 aliphatic rings. The summed E-state index contributed by atoms with van der Waals surface area (Å²) in [4.78, 5) is 14.0. The Balaban J connectivity index is 1.83. The van der Waals surface area contributed by atoms with Crippen LogP contribution in [0.15, 0.2) is 54.6 Å². The van der Waals surface area contributed by atoms with Crippen LogP contribution in [0.4, 0.5) is 4.79 Å². The third-order valence-electron chi connectivity index (χ3n) is 3.32. The highest BCUT2D eigenvalue weighted by atomic mass is 35.5. The molecule has 5 heteroatoms. The maximum Gasteiger partial charge on any atom is 0.416 e. The van der Waals surface area contributed by atoms with E-state index in [0.29, 0.717) is 16.6 Å². The van der Waals surface area contributed by atoms with Crippen molar-refractivity contribution in [2.24, 2.45) is 0 Å². The molecule has 0 radical (unpaired) electrons. The second-order valence-corrected chi connectivity index (χ2v) is 5.52. The summed E-state index contributed by atoms with van der Waals surface area (Å²) in [5.74, 6) is 0. The van der Waals surface area contributed by atoms with Crippen molar-refractivity contribution in [1.82, 2.24) is 4.90 Å².